The second kappa shape index (κ2) is 9.60. The number of aromatic nitrogens is 1. The van der Waals surface area contributed by atoms with Crippen LogP contribution in [0.25, 0.3) is 0 Å². The van der Waals surface area contributed by atoms with Crippen molar-refractivity contribution in [1.82, 2.24) is 5.16 Å². The van der Waals surface area contributed by atoms with Crippen LogP contribution in [0.2, 0.25) is 0 Å². The first-order valence-electron chi connectivity index (χ1n) is 8.61. The quantitative estimate of drug-likeness (QED) is 0.689. The zero-order valence-corrected chi connectivity index (χ0v) is 15.3. The van der Waals surface area contributed by atoms with Gasteiger partial charge in [-0.05, 0) is 44.4 Å². The molecule has 1 atom stereocenters. The van der Waals surface area contributed by atoms with Gasteiger partial charge in [0.25, 0.3) is 5.91 Å². The number of ether oxygens (including phenoxy) is 2. The first kappa shape index (κ1) is 19.5. The van der Waals surface area contributed by atoms with Gasteiger partial charge in [0.2, 0.25) is 0 Å². The van der Waals surface area contributed by atoms with E-state index in [1.807, 2.05) is 32.0 Å². The van der Waals surface area contributed by atoms with Crippen LogP contribution in [0.4, 0.5) is 5.82 Å². The van der Waals surface area contributed by atoms with Crippen LogP contribution in [0.5, 0.6) is 5.75 Å². The van der Waals surface area contributed by atoms with Crippen LogP contribution in [0, 0.1) is 13.8 Å². The maximum atomic E-state index is 12.4. The molecule has 0 radical (unpaired) electrons. The third kappa shape index (κ3) is 6.23. The fourth-order valence-electron chi connectivity index (χ4n) is 2.31. The molecule has 0 fully saturated rings. The second-order valence-electron chi connectivity index (χ2n) is 6.04. The van der Waals surface area contributed by atoms with Gasteiger partial charge in [-0.3, -0.25) is 4.79 Å². The summed E-state index contributed by atoms with van der Waals surface area (Å²) in [6.07, 6.45) is 1.15. The molecular weight excluding hydrogens is 336 g/mol. The van der Waals surface area contributed by atoms with Crippen molar-refractivity contribution in [1.29, 1.82) is 0 Å². The van der Waals surface area contributed by atoms with Crippen molar-refractivity contribution in [2.75, 3.05) is 11.9 Å². The molecule has 7 heteroatoms. The number of aryl methyl sites for hydroxylation is 2. The number of rotatable bonds is 9. The second-order valence-corrected chi connectivity index (χ2v) is 6.04. The normalized spacial score (nSPS) is 11.7. The highest BCUT2D eigenvalue weighted by atomic mass is 16.6. The highest BCUT2D eigenvalue weighted by molar-refractivity contribution is 5.94. The lowest BCUT2D eigenvalue weighted by atomic mass is 10.1. The molecule has 0 bridgehead atoms. The van der Waals surface area contributed by atoms with Gasteiger partial charge >= 0.3 is 5.97 Å². The number of carbonyl (C=O) groups is 2. The van der Waals surface area contributed by atoms with Gasteiger partial charge in [0, 0.05) is 6.07 Å². The molecule has 1 heterocycles. The van der Waals surface area contributed by atoms with Crippen LogP contribution >= 0.6 is 0 Å². The van der Waals surface area contributed by atoms with Crippen molar-refractivity contribution in [3.63, 3.8) is 0 Å². The Morgan fingerprint density at radius 3 is 2.73 bits per heavy atom. The molecule has 1 unspecified atom stereocenters. The number of carbonyl (C=O) groups excluding carboxylic acids is 2. The Kier molecular flexibility index (Phi) is 7.20. The minimum Gasteiger partial charge on any atom is -0.482 e. The Hall–Kier alpha value is -2.83. The molecule has 0 aliphatic heterocycles. The number of amides is 1. The van der Waals surface area contributed by atoms with Gasteiger partial charge in [-0.15, -0.1) is 0 Å². The van der Waals surface area contributed by atoms with Crippen molar-refractivity contribution in [2.45, 2.75) is 46.1 Å². The number of nitrogens with zero attached hydrogens (tertiary/aromatic N) is 1. The molecule has 1 aromatic carbocycles. The summed E-state index contributed by atoms with van der Waals surface area (Å²) >= 11 is 0. The summed E-state index contributed by atoms with van der Waals surface area (Å²) in [5.41, 5.74) is 1.03. The molecule has 2 aromatic rings. The zero-order valence-electron chi connectivity index (χ0n) is 15.3. The number of hydrogen-bond acceptors (Lipinski definition) is 6. The third-order valence-corrected chi connectivity index (χ3v) is 3.61. The summed E-state index contributed by atoms with van der Waals surface area (Å²) in [6, 6.07) is 8.95. The molecule has 1 N–H and O–H groups in total. The summed E-state index contributed by atoms with van der Waals surface area (Å²) in [4.78, 5) is 24.4. The molecule has 0 spiro atoms. The molecule has 1 amide bonds. The van der Waals surface area contributed by atoms with E-state index in [1.165, 1.54) is 0 Å². The van der Waals surface area contributed by atoms with Gasteiger partial charge in [-0.1, -0.05) is 30.6 Å². The Morgan fingerprint density at radius 1 is 1.27 bits per heavy atom. The van der Waals surface area contributed by atoms with Gasteiger partial charge in [0.1, 0.15) is 11.5 Å². The van der Waals surface area contributed by atoms with Crippen molar-refractivity contribution in [3.8, 4) is 5.75 Å². The fourth-order valence-corrected chi connectivity index (χ4v) is 2.31. The lowest BCUT2D eigenvalue weighted by Crippen LogP contribution is -2.34. The van der Waals surface area contributed by atoms with Gasteiger partial charge in [0.15, 0.2) is 18.5 Å². The molecule has 0 saturated carbocycles. The minimum atomic E-state index is -0.902. The van der Waals surface area contributed by atoms with Gasteiger partial charge in [0.05, 0.1) is 0 Å². The number of esters is 1. The summed E-state index contributed by atoms with van der Waals surface area (Å²) in [5.74, 6) is 0.416. The summed E-state index contributed by atoms with van der Waals surface area (Å²) in [5, 5.41) is 6.31. The molecule has 0 aliphatic rings. The van der Waals surface area contributed by atoms with Crippen molar-refractivity contribution in [2.24, 2.45) is 0 Å². The average molecular weight is 360 g/mol. The maximum absolute atomic E-state index is 12.4. The maximum Gasteiger partial charge on any atom is 0.344 e. The highest BCUT2D eigenvalue weighted by Gasteiger charge is 2.23. The smallest absolute Gasteiger partial charge is 0.344 e. The van der Waals surface area contributed by atoms with Crippen LogP contribution in [0.15, 0.2) is 34.9 Å². The SMILES string of the molecule is CCCCC(OC(=O)COc1cccc(C)c1)C(=O)Nc1cc(C)on1. The number of nitrogens with one attached hydrogen (secondary N) is 1. The summed E-state index contributed by atoms with van der Waals surface area (Å²) in [6.45, 7) is 5.39. The van der Waals surface area contributed by atoms with Crippen LogP contribution in [0.3, 0.4) is 0 Å². The minimum absolute atomic E-state index is 0.261. The van der Waals surface area contributed by atoms with E-state index < -0.39 is 18.0 Å². The summed E-state index contributed by atoms with van der Waals surface area (Å²) in [7, 11) is 0. The zero-order chi connectivity index (χ0) is 18.9. The molecular formula is C19H24N2O5. The topological polar surface area (TPSA) is 90.7 Å². The number of benzene rings is 1. The highest BCUT2D eigenvalue weighted by Crippen LogP contribution is 2.14. The largest absolute Gasteiger partial charge is 0.482 e. The van der Waals surface area contributed by atoms with Gasteiger partial charge in [-0.25, -0.2) is 4.79 Å². The lowest BCUT2D eigenvalue weighted by molar-refractivity contribution is -0.156. The van der Waals surface area contributed by atoms with Gasteiger partial charge in [-0.2, -0.15) is 0 Å². The predicted molar refractivity (Wildman–Crippen MR) is 95.9 cm³/mol. The molecule has 7 nitrogen and oxygen atoms in total. The number of hydrogen-bond donors (Lipinski definition) is 1. The van der Waals surface area contributed by atoms with Crippen LogP contribution in [0.1, 0.15) is 37.5 Å². The third-order valence-electron chi connectivity index (χ3n) is 3.61. The molecule has 0 saturated heterocycles. The van der Waals surface area contributed by atoms with Crippen molar-refractivity contribution < 1.29 is 23.6 Å². The van der Waals surface area contributed by atoms with E-state index in [0.717, 1.165) is 18.4 Å². The summed E-state index contributed by atoms with van der Waals surface area (Å²) < 4.78 is 15.6. The van der Waals surface area contributed by atoms with E-state index in [1.54, 1.807) is 19.1 Å². The Morgan fingerprint density at radius 2 is 2.08 bits per heavy atom. The molecule has 2 rings (SSSR count). The molecule has 140 valence electrons. The van der Waals surface area contributed by atoms with E-state index in [4.69, 9.17) is 14.0 Å². The van der Waals surface area contributed by atoms with Crippen molar-refractivity contribution >= 4 is 17.7 Å². The van der Waals surface area contributed by atoms with E-state index >= 15 is 0 Å². The Bertz CT molecular complexity index is 741. The predicted octanol–water partition coefficient (Wildman–Crippen LogP) is 3.41. The van der Waals surface area contributed by atoms with E-state index in [9.17, 15) is 9.59 Å². The van der Waals surface area contributed by atoms with E-state index in [0.29, 0.717) is 23.7 Å². The average Bonchev–Trinajstić information content (AvgIpc) is 3.01. The molecule has 1 aromatic heterocycles. The Balaban J connectivity index is 1.90. The van der Waals surface area contributed by atoms with Crippen LogP contribution in [-0.4, -0.2) is 29.7 Å². The Labute approximate surface area is 152 Å². The monoisotopic (exact) mass is 360 g/mol. The molecule has 26 heavy (non-hydrogen) atoms. The van der Waals surface area contributed by atoms with Crippen molar-refractivity contribution in [3.05, 3.63) is 41.7 Å². The van der Waals surface area contributed by atoms with Crippen LogP contribution < -0.4 is 10.1 Å². The van der Waals surface area contributed by atoms with E-state index in [2.05, 4.69) is 10.5 Å². The first-order valence-corrected chi connectivity index (χ1v) is 8.61. The standard InChI is InChI=1S/C19H24N2O5/c1-4-5-9-16(19(23)20-17-11-14(3)26-21-17)25-18(22)12-24-15-8-6-7-13(2)10-15/h6-8,10-11,16H,4-5,9,12H2,1-3H3,(H,20,21,23). The fraction of sp³-hybridized carbons (Fsp3) is 0.421. The molecule has 0 aliphatic carbocycles. The first-order chi connectivity index (χ1) is 12.5. The van der Waals surface area contributed by atoms with Gasteiger partial charge < -0.3 is 19.3 Å². The van der Waals surface area contributed by atoms with Crippen LogP contribution in [-0.2, 0) is 14.3 Å². The lowest BCUT2D eigenvalue weighted by Gasteiger charge is -2.17. The van der Waals surface area contributed by atoms with E-state index in [-0.39, 0.29) is 6.61 Å². The number of anilines is 1. The number of unbranched alkanes of at least 4 members (excludes halogenated alkanes) is 1.